The molecule has 20 heavy (non-hydrogen) atoms. The van der Waals surface area contributed by atoms with Gasteiger partial charge in [-0.3, -0.25) is 4.79 Å². The molecule has 0 bridgehead atoms. The number of nitrogens with one attached hydrogen (secondary N) is 2. The summed E-state index contributed by atoms with van der Waals surface area (Å²) in [5.41, 5.74) is 1.26. The number of aliphatic hydroxyl groups is 1. The average molecular weight is 276 g/mol. The van der Waals surface area contributed by atoms with E-state index in [9.17, 15) is 9.90 Å². The van der Waals surface area contributed by atoms with Crippen LogP contribution in [-0.4, -0.2) is 35.3 Å². The van der Waals surface area contributed by atoms with Gasteiger partial charge >= 0.3 is 0 Å². The molecule has 1 aromatic carbocycles. The van der Waals surface area contributed by atoms with E-state index >= 15 is 0 Å². The zero-order valence-corrected chi connectivity index (χ0v) is 12.0. The number of benzene rings is 1. The Morgan fingerprint density at radius 1 is 1.45 bits per heavy atom. The zero-order valence-electron chi connectivity index (χ0n) is 12.0. The number of methoxy groups -OCH3 is 1. The minimum Gasteiger partial charge on any atom is -0.497 e. The molecule has 0 radical (unpaired) electrons. The van der Waals surface area contributed by atoms with Crippen LogP contribution in [0.3, 0.4) is 0 Å². The Bertz CT molecular complexity index is 617. The first-order valence-electron chi connectivity index (χ1n) is 6.51. The Hall–Kier alpha value is -2.01. The first kappa shape index (κ1) is 14.4. The van der Waals surface area contributed by atoms with Gasteiger partial charge in [-0.15, -0.1) is 0 Å². The Balaban J connectivity index is 2.19. The lowest BCUT2D eigenvalue weighted by Gasteiger charge is -2.23. The summed E-state index contributed by atoms with van der Waals surface area (Å²) < 4.78 is 5.20. The van der Waals surface area contributed by atoms with Gasteiger partial charge in [-0.05, 0) is 37.6 Å². The van der Waals surface area contributed by atoms with Crippen LogP contribution in [0.4, 0.5) is 0 Å². The molecule has 0 aliphatic heterocycles. The van der Waals surface area contributed by atoms with Gasteiger partial charge in [0.1, 0.15) is 5.75 Å². The Morgan fingerprint density at radius 3 is 2.85 bits per heavy atom. The van der Waals surface area contributed by atoms with Crippen molar-refractivity contribution in [3.63, 3.8) is 0 Å². The van der Waals surface area contributed by atoms with Crippen molar-refractivity contribution in [2.45, 2.75) is 25.8 Å². The summed E-state index contributed by atoms with van der Waals surface area (Å²) in [6, 6.07) is 5.70. The Labute approximate surface area is 117 Å². The molecule has 0 saturated heterocycles. The number of hydrogen-bond acceptors (Lipinski definition) is 3. The van der Waals surface area contributed by atoms with Crippen LogP contribution in [0.2, 0.25) is 0 Å². The molecule has 1 aromatic heterocycles. The molecule has 2 aromatic rings. The number of fused-ring (bicyclic) bond motifs is 1. The molecule has 0 atom stereocenters. The highest BCUT2D eigenvalue weighted by Gasteiger charge is 2.19. The fourth-order valence-corrected chi connectivity index (χ4v) is 2.06. The number of rotatable bonds is 5. The molecule has 5 heteroatoms. The second-order valence-electron chi connectivity index (χ2n) is 5.49. The highest BCUT2D eigenvalue weighted by atomic mass is 16.5. The minimum atomic E-state index is -0.610. The van der Waals surface area contributed by atoms with E-state index in [1.54, 1.807) is 21.0 Å². The molecule has 0 aliphatic carbocycles. The Morgan fingerprint density at radius 2 is 2.20 bits per heavy atom. The van der Waals surface area contributed by atoms with E-state index in [-0.39, 0.29) is 18.9 Å². The predicted octanol–water partition coefficient (Wildman–Crippen LogP) is 1.61. The number of aliphatic hydroxyl groups excluding tert-OH is 1. The number of aromatic amines is 1. The number of ether oxygens (including phenoxy) is 1. The average Bonchev–Trinajstić information content (AvgIpc) is 2.80. The van der Waals surface area contributed by atoms with Gasteiger partial charge in [-0.25, -0.2) is 0 Å². The lowest BCUT2D eigenvalue weighted by molar-refractivity contribution is -0.122. The molecule has 0 aliphatic rings. The fourth-order valence-electron chi connectivity index (χ4n) is 2.06. The van der Waals surface area contributed by atoms with Gasteiger partial charge in [0.25, 0.3) is 0 Å². The van der Waals surface area contributed by atoms with Crippen molar-refractivity contribution in [2.75, 3.05) is 13.7 Å². The SMILES string of the molecule is COc1ccc2[nH]cc(CC(=O)NC(C)(C)CO)c2c1. The molecule has 1 heterocycles. The molecule has 1 amide bonds. The van der Waals surface area contributed by atoms with Gasteiger partial charge in [-0.2, -0.15) is 0 Å². The van der Waals surface area contributed by atoms with E-state index in [1.165, 1.54) is 0 Å². The lowest BCUT2D eigenvalue weighted by Crippen LogP contribution is -2.46. The fraction of sp³-hybridized carbons (Fsp3) is 0.400. The normalized spacial score (nSPS) is 11.6. The molecule has 0 saturated carbocycles. The first-order chi connectivity index (χ1) is 9.45. The quantitative estimate of drug-likeness (QED) is 0.776. The molecule has 5 nitrogen and oxygen atoms in total. The number of aromatic nitrogens is 1. The number of hydrogen-bond donors (Lipinski definition) is 3. The predicted molar refractivity (Wildman–Crippen MR) is 77.9 cm³/mol. The lowest BCUT2D eigenvalue weighted by atomic mass is 10.1. The second-order valence-corrected chi connectivity index (χ2v) is 5.49. The van der Waals surface area contributed by atoms with Gasteiger partial charge in [0.15, 0.2) is 0 Å². The summed E-state index contributed by atoms with van der Waals surface area (Å²) in [7, 11) is 1.62. The van der Waals surface area contributed by atoms with E-state index in [0.717, 1.165) is 22.2 Å². The number of carbonyl (C=O) groups is 1. The molecule has 0 spiro atoms. The number of H-pyrrole nitrogens is 1. The van der Waals surface area contributed by atoms with Crippen LogP contribution in [0.25, 0.3) is 10.9 Å². The molecule has 0 fully saturated rings. The van der Waals surface area contributed by atoms with Gasteiger partial charge in [-0.1, -0.05) is 0 Å². The largest absolute Gasteiger partial charge is 0.497 e. The second kappa shape index (κ2) is 5.54. The molecular weight excluding hydrogens is 256 g/mol. The van der Waals surface area contributed by atoms with Crippen LogP contribution in [0.1, 0.15) is 19.4 Å². The summed E-state index contributed by atoms with van der Waals surface area (Å²) in [5.74, 6) is 0.641. The van der Waals surface area contributed by atoms with Crippen LogP contribution >= 0.6 is 0 Å². The van der Waals surface area contributed by atoms with Gasteiger partial charge in [0.2, 0.25) is 5.91 Å². The standard InChI is InChI=1S/C15H20N2O3/c1-15(2,9-18)17-14(19)6-10-8-16-13-5-4-11(20-3)7-12(10)13/h4-5,7-8,16,18H,6,9H2,1-3H3,(H,17,19). The van der Waals surface area contributed by atoms with Gasteiger partial charge < -0.3 is 20.1 Å². The number of carbonyl (C=O) groups excluding carboxylic acids is 1. The van der Waals surface area contributed by atoms with Crippen molar-refractivity contribution in [3.8, 4) is 5.75 Å². The highest BCUT2D eigenvalue weighted by Crippen LogP contribution is 2.24. The molecular formula is C15H20N2O3. The van der Waals surface area contributed by atoms with Crippen LogP contribution in [0.15, 0.2) is 24.4 Å². The minimum absolute atomic E-state index is 0.0968. The maximum absolute atomic E-state index is 12.0. The summed E-state index contributed by atoms with van der Waals surface area (Å²) in [6.45, 7) is 3.47. The van der Waals surface area contributed by atoms with Crippen molar-refractivity contribution in [1.82, 2.24) is 10.3 Å². The van der Waals surface area contributed by atoms with Crippen molar-refractivity contribution in [1.29, 1.82) is 0 Å². The van der Waals surface area contributed by atoms with Gasteiger partial charge in [0, 0.05) is 17.1 Å². The van der Waals surface area contributed by atoms with E-state index < -0.39 is 5.54 Å². The third-order valence-electron chi connectivity index (χ3n) is 3.20. The topological polar surface area (TPSA) is 74.4 Å². The van der Waals surface area contributed by atoms with E-state index in [1.807, 2.05) is 24.4 Å². The van der Waals surface area contributed by atoms with Gasteiger partial charge in [0.05, 0.1) is 25.7 Å². The van der Waals surface area contributed by atoms with Crippen molar-refractivity contribution >= 4 is 16.8 Å². The van der Waals surface area contributed by atoms with Crippen LogP contribution in [0.5, 0.6) is 5.75 Å². The van der Waals surface area contributed by atoms with E-state index in [0.29, 0.717) is 0 Å². The molecule has 3 N–H and O–H groups in total. The summed E-state index contributed by atoms with van der Waals surface area (Å²) in [4.78, 5) is 15.2. The summed E-state index contributed by atoms with van der Waals surface area (Å²) >= 11 is 0. The van der Waals surface area contributed by atoms with Crippen molar-refractivity contribution in [3.05, 3.63) is 30.0 Å². The van der Waals surface area contributed by atoms with Crippen LogP contribution < -0.4 is 10.1 Å². The Kier molecular flexibility index (Phi) is 3.99. The summed E-state index contributed by atoms with van der Waals surface area (Å²) in [6.07, 6.45) is 2.09. The third-order valence-corrected chi connectivity index (χ3v) is 3.20. The maximum atomic E-state index is 12.0. The van der Waals surface area contributed by atoms with Crippen LogP contribution in [0, 0.1) is 0 Å². The first-order valence-corrected chi connectivity index (χ1v) is 6.51. The molecule has 0 unspecified atom stereocenters. The zero-order chi connectivity index (χ0) is 14.8. The molecule has 2 rings (SSSR count). The number of amides is 1. The van der Waals surface area contributed by atoms with Crippen molar-refractivity contribution in [2.24, 2.45) is 0 Å². The van der Waals surface area contributed by atoms with E-state index in [2.05, 4.69) is 10.3 Å². The maximum Gasteiger partial charge on any atom is 0.224 e. The highest BCUT2D eigenvalue weighted by molar-refractivity contribution is 5.89. The van der Waals surface area contributed by atoms with E-state index in [4.69, 9.17) is 4.74 Å². The smallest absolute Gasteiger partial charge is 0.224 e. The molecule has 108 valence electrons. The van der Waals surface area contributed by atoms with Crippen molar-refractivity contribution < 1.29 is 14.6 Å². The third kappa shape index (κ3) is 3.11. The summed E-state index contributed by atoms with van der Waals surface area (Å²) in [5, 5.41) is 12.9. The monoisotopic (exact) mass is 276 g/mol. The van der Waals surface area contributed by atoms with Crippen LogP contribution in [-0.2, 0) is 11.2 Å².